The molecule has 1 aromatic carbocycles. The van der Waals surface area contributed by atoms with E-state index in [2.05, 4.69) is 54.2 Å². The molecule has 0 radical (unpaired) electrons. The number of rotatable bonds is 2. The smallest absolute Gasteiger partial charge is 0.0366 e. The van der Waals surface area contributed by atoms with Crippen LogP contribution in [0.25, 0.3) is 0 Å². The van der Waals surface area contributed by atoms with E-state index in [0.717, 1.165) is 6.54 Å². The molecule has 0 saturated carbocycles. The Balaban J connectivity index is 2.05. The zero-order valence-corrected chi connectivity index (χ0v) is 9.69. The number of hydrogen-bond donors (Lipinski definition) is 0. The zero-order valence-electron chi connectivity index (χ0n) is 9.69. The molecule has 1 atom stereocenters. The third-order valence-electron chi connectivity index (χ3n) is 3.25. The van der Waals surface area contributed by atoms with E-state index in [-0.39, 0.29) is 0 Å². The lowest BCUT2D eigenvalue weighted by atomic mass is 10.0. The monoisotopic (exact) mass is 204 g/mol. The van der Waals surface area contributed by atoms with Crippen molar-refractivity contribution in [3.05, 3.63) is 30.3 Å². The maximum Gasteiger partial charge on any atom is 0.0366 e. The lowest BCUT2D eigenvalue weighted by Gasteiger charge is -2.37. The summed E-state index contributed by atoms with van der Waals surface area (Å²) in [6.07, 6.45) is 2.63. The Morgan fingerprint density at radius 2 is 1.93 bits per heavy atom. The third kappa shape index (κ3) is 2.51. The molecule has 0 spiro atoms. The average molecular weight is 204 g/mol. The summed E-state index contributed by atoms with van der Waals surface area (Å²) in [4.78, 5) is 4.84. The fourth-order valence-electron chi connectivity index (χ4n) is 2.25. The van der Waals surface area contributed by atoms with Crippen molar-refractivity contribution in [1.29, 1.82) is 0 Å². The van der Waals surface area contributed by atoms with Gasteiger partial charge in [-0.25, -0.2) is 0 Å². The van der Waals surface area contributed by atoms with Crippen molar-refractivity contribution < 1.29 is 0 Å². The number of hydrogen-bond acceptors (Lipinski definition) is 2. The highest BCUT2D eigenvalue weighted by Crippen LogP contribution is 2.20. The molecule has 1 unspecified atom stereocenters. The molecule has 2 heteroatoms. The van der Waals surface area contributed by atoms with Gasteiger partial charge >= 0.3 is 0 Å². The fourth-order valence-corrected chi connectivity index (χ4v) is 2.25. The Morgan fingerprint density at radius 3 is 2.60 bits per heavy atom. The van der Waals surface area contributed by atoms with Crippen LogP contribution in [0, 0.1) is 0 Å². The van der Waals surface area contributed by atoms with Gasteiger partial charge in [0.05, 0.1) is 0 Å². The molecule has 1 fully saturated rings. The van der Waals surface area contributed by atoms with E-state index in [4.69, 9.17) is 0 Å². The van der Waals surface area contributed by atoms with Gasteiger partial charge in [0.1, 0.15) is 0 Å². The van der Waals surface area contributed by atoms with Gasteiger partial charge < -0.3 is 9.80 Å². The largest absolute Gasteiger partial charge is 0.370 e. The molecule has 1 heterocycles. The Morgan fingerprint density at radius 1 is 1.20 bits per heavy atom. The van der Waals surface area contributed by atoms with Crippen LogP contribution in [0.1, 0.15) is 12.8 Å². The zero-order chi connectivity index (χ0) is 10.7. The second kappa shape index (κ2) is 4.67. The van der Waals surface area contributed by atoms with Crippen LogP contribution in [0.15, 0.2) is 30.3 Å². The van der Waals surface area contributed by atoms with Crippen LogP contribution in [-0.2, 0) is 0 Å². The molecule has 2 rings (SSSR count). The van der Waals surface area contributed by atoms with Crippen molar-refractivity contribution in [1.82, 2.24) is 4.90 Å². The van der Waals surface area contributed by atoms with Gasteiger partial charge in [-0.2, -0.15) is 0 Å². The second-order valence-electron chi connectivity index (χ2n) is 4.54. The molecule has 0 N–H and O–H groups in total. The first kappa shape index (κ1) is 10.5. The van der Waals surface area contributed by atoms with Crippen molar-refractivity contribution in [2.75, 3.05) is 32.1 Å². The van der Waals surface area contributed by atoms with Gasteiger partial charge in [-0.3, -0.25) is 0 Å². The standard InChI is InChI=1S/C13H20N2/c1-14(2)13-9-6-10-15(11-13)12-7-4-3-5-8-12/h3-5,7-8,13H,6,9-11H2,1-2H3. The molecule has 82 valence electrons. The van der Waals surface area contributed by atoms with Gasteiger partial charge in [-0.05, 0) is 39.1 Å². The van der Waals surface area contributed by atoms with E-state index >= 15 is 0 Å². The van der Waals surface area contributed by atoms with E-state index in [0.29, 0.717) is 6.04 Å². The first-order chi connectivity index (χ1) is 7.27. The van der Waals surface area contributed by atoms with Crippen LogP contribution in [0.2, 0.25) is 0 Å². The quantitative estimate of drug-likeness (QED) is 0.729. The van der Waals surface area contributed by atoms with Crippen molar-refractivity contribution in [2.24, 2.45) is 0 Å². The molecule has 0 aliphatic carbocycles. The van der Waals surface area contributed by atoms with Crippen LogP contribution < -0.4 is 4.90 Å². The predicted molar refractivity (Wildman–Crippen MR) is 65.4 cm³/mol. The van der Waals surface area contributed by atoms with Crippen LogP contribution in [0.3, 0.4) is 0 Å². The van der Waals surface area contributed by atoms with Crippen LogP contribution >= 0.6 is 0 Å². The minimum atomic E-state index is 0.707. The van der Waals surface area contributed by atoms with Gasteiger partial charge in [0.25, 0.3) is 0 Å². The van der Waals surface area contributed by atoms with Crippen LogP contribution in [-0.4, -0.2) is 38.1 Å². The number of benzene rings is 1. The van der Waals surface area contributed by atoms with Crippen molar-refractivity contribution in [3.63, 3.8) is 0 Å². The molecule has 15 heavy (non-hydrogen) atoms. The topological polar surface area (TPSA) is 6.48 Å². The molecular weight excluding hydrogens is 184 g/mol. The molecule has 0 aromatic heterocycles. The average Bonchev–Trinajstić information content (AvgIpc) is 2.30. The Kier molecular flexibility index (Phi) is 3.27. The number of piperidine rings is 1. The lowest BCUT2D eigenvalue weighted by Crippen LogP contribution is -2.45. The second-order valence-corrected chi connectivity index (χ2v) is 4.54. The highest BCUT2D eigenvalue weighted by atomic mass is 15.2. The highest BCUT2D eigenvalue weighted by Gasteiger charge is 2.21. The number of likely N-dealkylation sites (N-methyl/N-ethyl adjacent to an activating group) is 1. The molecular formula is C13H20N2. The van der Waals surface area contributed by atoms with E-state index in [1.807, 2.05) is 0 Å². The summed E-state index contributed by atoms with van der Waals surface area (Å²) >= 11 is 0. The Hall–Kier alpha value is -1.02. The van der Waals surface area contributed by atoms with Crippen LogP contribution in [0.4, 0.5) is 5.69 Å². The predicted octanol–water partition coefficient (Wildman–Crippen LogP) is 2.22. The van der Waals surface area contributed by atoms with Crippen molar-refractivity contribution >= 4 is 5.69 Å². The summed E-state index contributed by atoms with van der Waals surface area (Å²) in [5.41, 5.74) is 1.36. The van der Waals surface area contributed by atoms with Gasteiger partial charge in [0, 0.05) is 24.8 Å². The normalized spacial score (nSPS) is 22.1. The van der Waals surface area contributed by atoms with E-state index in [9.17, 15) is 0 Å². The molecule has 1 saturated heterocycles. The van der Waals surface area contributed by atoms with E-state index in [1.165, 1.54) is 25.1 Å². The number of para-hydroxylation sites is 1. The van der Waals surface area contributed by atoms with Gasteiger partial charge in [-0.15, -0.1) is 0 Å². The first-order valence-corrected chi connectivity index (χ1v) is 5.74. The maximum atomic E-state index is 2.49. The third-order valence-corrected chi connectivity index (χ3v) is 3.25. The fraction of sp³-hybridized carbons (Fsp3) is 0.538. The van der Waals surface area contributed by atoms with Crippen LogP contribution in [0.5, 0.6) is 0 Å². The van der Waals surface area contributed by atoms with Crippen molar-refractivity contribution in [2.45, 2.75) is 18.9 Å². The Bertz CT molecular complexity index is 295. The summed E-state index contributed by atoms with van der Waals surface area (Å²) in [5, 5.41) is 0. The van der Waals surface area contributed by atoms with E-state index < -0.39 is 0 Å². The highest BCUT2D eigenvalue weighted by molar-refractivity contribution is 5.46. The Labute approximate surface area is 92.5 Å². The van der Waals surface area contributed by atoms with E-state index in [1.54, 1.807) is 0 Å². The minimum Gasteiger partial charge on any atom is -0.370 e. The molecule has 1 aromatic rings. The summed E-state index contributed by atoms with van der Waals surface area (Å²) in [7, 11) is 4.36. The number of nitrogens with zero attached hydrogens (tertiary/aromatic N) is 2. The van der Waals surface area contributed by atoms with Gasteiger partial charge in [-0.1, -0.05) is 18.2 Å². The molecule has 1 aliphatic rings. The summed E-state index contributed by atoms with van der Waals surface area (Å²) < 4.78 is 0. The first-order valence-electron chi connectivity index (χ1n) is 5.74. The lowest BCUT2D eigenvalue weighted by molar-refractivity contribution is 0.258. The minimum absolute atomic E-state index is 0.707. The van der Waals surface area contributed by atoms with Gasteiger partial charge in [0.2, 0.25) is 0 Å². The van der Waals surface area contributed by atoms with Crippen molar-refractivity contribution in [3.8, 4) is 0 Å². The summed E-state index contributed by atoms with van der Waals surface area (Å²) in [6, 6.07) is 11.4. The van der Waals surface area contributed by atoms with Gasteiger partial charge in [0.15, 0.2) is 0 Å². The molecule has 0 amide bonds. The maximum absolute atomic E-state index is 2.49. The molecule has 0 bridgehead atoms. The summed E-state index contributed by atoms with van der Waals surface area (Å²) in [5.74, 6) is 0. The number of anilines is 1. The molecule has 1 aliphatic heterocycles. The SMILES string of the molecule is CN(C)C1CCCN(c2ccccc2)C1. The molecule has 2 nitrogen and oxygen atoms in total. The summed E-state index contributed by atoms with van der Waals surface area (Å²) in [6.45, 7) is 2.37.